The first kappa shape index (κ1) is 18.6. The van der Waals surface area contributed by atoms with E-state index in [1.165, 1.54) is 15.3 Å². The lowest BCUT2D eigenvalue weighted by Gasteiger charge is -2.34. The Bertz CT molecular complexity index is 929. The molecule has 5 heteroatoms. The molecule has 1 aromatic carbocycles. The molecule has 0 unspecified atom stereocenters. The van der Waals surface area contributed by atoms with Gasteiger partial charge in [0.25, 0.3) is 0 Å². The van der Waals surface area contributed by atoms with Crippen LogP contribution in [0.15, 0.2) is 73.1 Å². The second kappa shape index (κ2) is 8.95. The summed E-state index contributed by atoms with van der Waals surface area (Å²) in [6.07, 6.45) is 6.97. The maximum atomic E-state index is 12.4. The molecule has 1 saturated heterocycles. The minimum atomic E-state index is 0.0750. The molecule has 0 radical (unpaired) electrons. The number of amides is 1. The van der Waals surface area contributed by atoms with Crippen LogP contribution >= 0.6 is 11.3 Å². The second-order valence-corrected chi connectivity index (χ2v) is 8.02. The minimum absolute atomic E-state index is 0.0750. The van der Waals surface area contributed by atoms with Crippen molar-refractivity contribution in [3.63, 3.8) is 0 Å². The molecule has 4 rings (SSSR count). The smallest absolute Gasteiger partial charge is 0.246 e. The minimum Gasteiger partial charge on any atom is -0.337 e. The quantitative estimate of drug-likeness (QED) is 0.615. The Labute approximate surface area is 169 Å². The fraction of sp³-hybridized carbons (Fsp3) is 0.217. The van der Waals surface area contributed by atoms with Crippen molar-refractivity contribution in [3.8, 4) is 10.4 Å². The van der Waals surface area contributed by atoms with Crippen molar-refractivity contribution in [2.24, 2.45) is 0 Å². The first-order valence-corrected chi connectivity index (χ1v) is 10.3. The first-order chi connectivity index (χ1) is 13.8. The molecule has 4 nitrogen and oxygen atoms in total. The third-order valence-electron chi connectivity index (χ3n) is 4.89. The van der Waals surface area contributed by atoms with Crippen molar-refractivity contribution in [1.82, 2.24) is 14.8 Å². The summed E-state index contributed by atoms with van der Waals surface area (Å²) < 4.78 is 0. The number of aromatic nitrogens is 1. The van der Waals surface area contributed by atoms with E-state index in [1.807, 2.05) is 40.5 Å². The highest BCUT2D eigenvalue weighted by atomic mass is 32.1. The first-order valence-electron chi connectivity index (χ1n) is 9.51. The van der Waals surface area contributed by atoms with Gasteiger partial charge in [-0.3, -0.25) is 14.7 Å². The number of nitrogens with zero attached hydrogens (tertiary/aromatic N) is 3. The fourth-order valence-electron chi connectivity index (χ4n) is 3.31. The zero-order valence-electron chi connectivity index (χ0n) is 15.7. The van der Waals surface area contributed by atoms with Gasteiger partial charge in [0.05, 0.1) is 0 Å². The van der Waals surface area contributed by atoms with Crippen LogP contribution in [0.5, 0.6) is 0 Å². The largest absolute Gasteiger partial charge is 0.337 e. The van der Waals surface area contributed by atoms with E-state index in [2.05, 4.69) is 46.3 Å². The molecule has 1 aliphatic rings. The number of benzene rings is 1. The summed E-state index contributed by atoms with van der Waals surface area (Å²) in [6, 6.07) is 18.7. The maximum absolute atomic E-state index is 12.4. The Hall–Kier alpha value is -2.76. The van der Waals surface area contributed by atoms with Crippen LogP contribution in [0.25, 0.3) is 16.5 Å². The van der Waals surface area contributed by atoms with Crippen molar-refractivity contribution in [2.75, 3.05) is 26.2 Å². The molecule has 2 aromatic heterocycles. The standard InChI is InChI=1S/C23H23N3OS/c27-23(11-8-19-5-4-12-24-17-19)26-15-13-25(14-16-26)18-21-9-10-22(28-21)20-6-2-1-3-7-20/h1-12,17H,13-16,18H2. The zero-order chi connectivity index (χ0) is 19.2. The van der Waals surface area contributed by atoms with Gasteiger partial charge in [0.15, 0.2) is 0 Å². The molecule has 28 heavy (non-hydrogen) atoms. The number of rotatable bonds is 5. The van der Waals surface area contributed by atoms with Crippen LogP contribution < -0.4 is 0 Å². The van der Waals surface area contributed by atoms with Crippen molar-refractivity contribution in [1.29, 1.82) is 0 Å². The summed E-state index contributed by atoms with van der Waals surface area (Å²) >= 11 is 1.85. The second-order valence-electron chi connectivity index (χ2n) is 6.85. The SMILES string of the molecule is O=C(C=Cc1cccnc1)N1CCN(Cc2ccc(-c3ccccc3)s2)CC1. The van der Waals surface area contributed by atoms with Crippen LogP contribution in [0, 0.1) is 0 Å². The van der Waals surface area contributed by atoms with E-state index < -0.39 is 0 Å². The Morgan fingerprint density at radius 2 is 1.82 bits per heavy atom. The van der Waals surface area contributed by atoms with Gasteiger partial charge in [-0.15, -0.1) is 11.3 Å². The predicted octanol–water partition coefficient (Wildman–Crippen LogP) is 4.17. The van der Waals surface area contributed by atoms with Gasteiger partial charge in [-0.1, -0.05) is 36.4 Å². The van der Waals surface area contributed by atoms with Crippen LogP contribution in [-0.4, -0.2) is 46.9 Å². The molecule has 3 heterocycles. The number of hydrogen-bond acceptors (Lipinski definition) is 4. The number of thiophene rings is 1. The monoisotopic (exact) mass is 389 g/mol. The summed E-state index contributed by atoms with van der Waals surface area (Å²) in [7, 11) is 0. The van der Waals surface area contributed by atoms with Crippen LogP contribution in [0.3, 0.4) is 0 Å². The lowest BCUT2D eigenvalue weighted by molar-refractivity contribution is -0.127. The molecular formula is C23H23N3OS. The van der Waals surface area contributed by atoms with E-state index in [0.29, 0.717) is 0 Å². The van der Waals surface area contributed by atoms with Crippen molar-refractivity contribution in [2.45, 2.75) is 6.54 Å². The van der Waals surface area contributed by atoms with E-state index in [-0.39, 0.29) is 5.91 Å². The van der Waals surface area contributed by atoms with E-state index in [0.717, 1.165) is 38.3 Å². The van der Waals surface area contributed by atoms with Crippen LogP contribution in [0.4, 0.5) is 0 Å². The third-order valence-corrected chi connectivity index (χ3v) is 6.01. The Morgan fingerprint density at radius 1 is 1.00 bits per heavy atom. The van der Waals surface area contributed by atoms with Gasteiger partial charge in [-0.05, 0) is 35.4 Å². The summed E-state index contributed by atoms with van der Waals surface area (Å²) in [5.74, 6) is 0.0750. The Morgan fingerprint density at radius 3 is 2.57 bits per heavy atom. The lowest BCUT2D eigenvalue weighted by atomic mass is 10.2. The molecule has 1 fully saturated rings. The predicted molar refractivity (Wildman–Crippen MR) is 115 cm³/mol. The van der Waals surface area contributed by atoms with Gasteiger partial charge in [0.2, 0.25) is 5.91 Å². The number of pyridine rings is 1. The highest BCUT2D eigenvalue weighted by molar-refractivity contribution is 7.15. The molecule has 0 saturated carbocycles. The molecule has 1 amide bonds. The molecule has 142 valence electrons. The van der Waals surface area contributed by atoms with E-state index in [1.54, 1.807) is 18.5 Å². The topological polar surface area (TPSA) is 36.4 Å². The van der Waals surface area contributed by atoms with Gasteiger partial charge in [0, 0.05) is 60.9 Å². The summed E-state index contributed by atoms with van der Waals surface area (Å²) in [5.41, 5.74) is 2.22. The zero-order valence-corrected chi connectivity index (χ0v) is 16.5. The molecule has 0 atom stereocenters. The maximum Gasteiger partial charge on any atom is 0.246 e. The summed E-state index contributed by atoms with van der Waals surface area (Å²) in [4.78, 5) is 23.5. The Kier molecular flexibility index (Phi) is 5.95. The highest BCUT2D eigenvalue weighted by Gasteiger charge is 2.20. The molecule has 1 aliphatic heterocycles. The van der Waals surface area contributed by atoms with Gasteiger partial charge in [-0.25, -0.2) is 0 Å². The number of carbonyl (C=O) groups is 1. The molecule has 0 aliphatic carbocycles. The van der Waals surface area contributed by atoms with Gasteiger partial charge < -0.3 is 4.90 Å². The Balaban J connectivity index is 1.28. The number of hydrogen-bond donors (Lipinski definition) is 0. The summed E-state index contributed by atoms with van der Waals surface area (Å²) in [5, 5.41) is 0. The van der Waals surface area contributed by atoms with E-state index in [9.17, 15) is 4.79 Å². The van der Waals surface area contributed by atoms with Crippen molar-refractivity contribution >= 4 is 23.3 Å². The molecule has 0 spiro atoms. The molecule has 0 N–H and O–H groups in total. The molecular weight excluding hydrogens is 366 g/mol. The van der Waals surface area contributed by atoms with Crippen LogP contribution in [-0.2, 0) is 11.3 Å². The van der Waals surface area contributed by atoms with Crippen LogP contribution in [0.2, 0.25) is 0 Å². The molecule has 0 bridgehead atoms. The van der Waals surface area contributed by atoms with E-state index in [4.69, 9.17) is 0 Å². The number of carbonyl (C=O) groups excluding carboxylic acids is 1. The fourth-order valence-corrected chi connectivity index (χ4v) is 4.37. The highest BCUT2D eigenvalue weighted by Crippen LogP contribution is 2.28. The number of piperazine rings is 1. The van der Waals surface area contributed by atoms with E-state index >= 15 is 0 Å². The average molecular weight is 390 g/mol. The van der Waals surface area contributed by atoms with Gasteiger partial charge in [0.1, 0.15) is 0 Å². The third kappa shape index (κ3) is 4.74. The molecule has 3 aromatic rings. The van der Waals surface area contributed by atoms with Gasteiger partial charge in [-0.2, -0.15) is 0 Å². The summed E-state index contributed by atoms with van der Waals surface area (Å²) in [6.45, 7) is 4.31. The normalized spacial score (nSPS) is 15.2. The van der Waals surface area contributed by atoms with Gasteiger partial charge >= 0.3 is 0 Å². The average Bonchev–Trinajstić information content (AvgIpc) is 3.22. The lowest BCUT2D eigenvalue weighted by Crippen LogP contribution is -2.47. The van der Waals surface area contributed by atoms with Crippen LogP contribution in [0.1, 0.15) is 10.4 Å². The van der Waals surface area contributed by atoms with Crippen molar-refractivity contribution in [3.05, 3.63) is 83.5 Å². The van der Waals surface area contributed by atoms with Crippen molar-refractivity contribution < 1.29 is 4.79 Å².